The Labute approximate surface area is 97.7 Å². The van der Waals surface area contributed by atoms with Gasteiger partial charge in [0.05, 0.1) is 0 Å². The largest absolute Gasteiger partial charge is 0.324 e. The van der Waals surface area contributed by atoms with Crippen molar-refractivity contribution < 1.29 is 6.22 Å². The van der Waals surface area contributed by atoms with Crippen LogP contribution in [0, 0.1) is 0 Å². The Kier molecular flexibility index (Phi) is 60.2. The maximum atomic E-state index is 9.05. The molecule has 0 fully saturated rings. The van der Waals surface area contributed by atoms with E-state index < -0.39 is 0 Å². The molecule has 0 aromatic heterocycles. The summed E-state index contributed by atoms with van der Waals surface area (Å²) in [4.78, 5) is 9.05. The Balaban J connectivity index is -0.0000000358. The normalized spacial score (nSPS) is 7.80. The second kappa shape index (κ2) is 38.0. The average Bonchev–Trinajstić information content (AvgIpc) is 2.32. The molecule has 2 heteroatoms. The number of hydrogen-bond acceptors (Lipinski definition) is 2. The summed E-state index contributed by atoms with van der Waals surface area (Å²) in [6.45, 7) is 16.0. The highest BCUT2D eigenvalue weighted by atomic mass is 16.1. The smallest absolute Gasteiger partial charge is 0.133 e. The van der Waals surface area contributed by atoms with E-state index in [0.29, 0.717) is 6.29 Å². The summed E-state index contributed by atoms with van der Waals surface area (Å²) in [6, 6.07) is 0. The summed E-state index contributed by atoms with van der Waals surface area (Å²) in [5, 5.41) is 0. The van der Waals surface area contributed by atoms with Gasteiger partial charge in [0, 0.05) is 7.97 Å². The predicted octanol–water partition coefficient (Wildman–Crippen LogP) is 3.97. The van der Waals surface area contributed by atoms with Crippen molar-refractivity contribution in [2.75, 3.05) is 6.54 Å². The number of hydrogen-bond donors (Lipinski definition) is 1. The molecule has 0 aliphatic carbocycles. The molecule has 0 aromatic rings. The van der Waals surface area contributed by atoms with Crippen molar-refractivity contribution in [2.45, 2.75) is 48.0 Å². The molecule has 0 saturated carbocycles. The van der Waals surface area contributed by atoms with Gasteiger partial charge in [0.15, 0.2) is 0 Å². The van der Waals surface area contributed by atoms with E-state index >= 15 is 0 Å². The zero-order valence-electron chi connectivity index (χ0n) is 11.3. The molecule has 94 valence electrons. The molecule has 0 rings (SSSR count). The fraction of sp³-hybridized carbons (Fsp3) is 0.615. The third kappa shape index (κ3) is 95.8. The van der Waals surface area contributed by atoms with Crippen molar-refractivity contribution in [3.63, 3.8) is 0 Å². The van der Waals surface area contributed by atoms with Crippen molar-refractivity contribution in [1.29, 1.82) is 0 Å². The Bertz CT molecular complexity index is 134. The lowest BCUT2D eigenvalue weighted by Crippen LogP contribution is -1.97. The van der Waals surface area contributed by atoms with E-state index in [9.17, 15) is 0 Å². The molecule has 0 aliphatic heterocycles. The van der Waals surface area contributed by atoms with Crippen LogP contribution in [0.1, 0.15) is 49.4 Å². The molecule has 0 aromatic carbocycles. The first-order valence-electron chi connectivity index (χ1n) is 5.53. The minimum atomic E-state index is 0. The van der Waals surface area contributed by atoms with E-state index in [0.717, 1.165) is 0 Å². The molecule has 0 bridgehead atoms. The van der Waals surface area contributed by atoms with Crippen LogP contribution in [-0.2, 0) is 4.79 Å². The standard InChI is InChI=1S/C6H10.C3H8.C2H5NO.C2H6.H2/c1-4-6(3)5-2;1-3-2;3-1-2-4;1-2;/h4-5H,1H2,2-3H3;3H2,1-2H3;2H,1,3H2;1-2H3;1H/b6-5-;;;;. The van der Waals surface area contributed by atoms with Gasteiger partial charge in [-0.25, -0.2) is 0 Å². The molecule has 0 aliphatic rings. The predicted molar refractivity (Wildman–Crippen MR) is 74.2 cm³/mol. The number of carbonyl (C=O) groups excluding carboxylic acids is 1. The van der Waals surface area contributed by atoms with Crippen molar-refractivity contribution in [3.05, 3.63) is 24.3 Å². The summed E-state index contributed by atoms with van der Waals surface area (Å²) < 4.78 is 0. The Morgan fingerprint density at radius 2 is 1.67 bits per heavy atom. The molecule has 15 heavy (non-hydrogen) atoms. The van der Waals surface area contributed by atoms with Gasteiger partial charge in [-0.1, -0.05) is 58.4 Å². The van der Waals surface area contributed by atoms with Crippen LogP contribution in [0.2, 0.25) is 0 Å². The summed E-state index contributed by atoms with van der Waals surface area (Å²) >= 11 is 0. The van der Waals surface area contributed by atoms with Gasteiger partial charge in [0.1, 0.15) is 6.29 Å². The zero-order valence-corrected chi connectivity index (χ0v) is 11.3. The molecule has 0 saturated heterocycles. The van der Waals surface area contributed by atoms with Gasteiger partial charge in [0.25, 0.3) is 0 Å². The fourth-order valence-electron chi connectivity index (χ4n) is 0.118. The van der Waals surface area contributed by atoms with Crippen LogP contribution in [-0.4, -0.2) is 12.8 Å². The van der Waals surface area contributed by atoms with Crippen LogP contribution in [0.5, 0.6) is 0 Å². The lowest BCUT2D eigenvalue weighted by atomic mass is 10.3. The summed E-state index contributed by atoms with van der Waals surface area (Å²) in [5.41, 5.74) is 5.89. The van der Waals surface area contributed by atoms with E-state index in [-0.39, 0.29) is 7.97 Å². The van der Waals surface area contributed by atoms with Crippen molar-refractivity contribution in [2.24, 2.45) is 5.73 Å². The van der Waals surface area contributed by atoms with E-state index in [1.165, 1.54) is 12.0 Å². The molecule has 0 heterocycles. The minimum Gasteiger partial charge on any atom is -0.324 e. The molecule has 0 atom stereocenters. The molecule has 2 nitrogen and oxygen atoms in total. The number of rotatable bonds is 2. The Hall–Kier alpha value is -0.890. The van der Waals surface area contributed by atoms with E-state index in [2.05, 4.69) is 26.2 Å². The lowest BCUT2D eigenvalue weighted by Gasteiger charge is -1.78. The van der Waals surface area contributed by atoms with Crippen molar-refractivity contribution in [3.8, 4) is 0 Å². The number of allylic oxidation sites excluding steroid dienone is 3. The number of aldehydes is 1. The monoisotopic (exact) mass is 217 g/mol. The second-order valence-corrected chi connectivity index (χ2v) is 2.35. The van der Waals surface area contributed by atoms with Gasteiger partial charge in [-0.2, -0.15) is 0 Å². The van der Waals surface area contributed by atoms with Crippen LogP contribution >= 0.6 is 0 Å². The highest BCUT2D eigenvalue weighted by molar-refractivity contribution is 5.51. The third-order valence-electron chi connectivity index (χ3n) is 0.874. The van der Waals surface area contributed by atoms with Gasteiger partial charge in [-0.3, -0.25) is 0 Å². The van der Waals surface area contributed by atoms with Gasteiger partial charge in [-0.15, -0.1) is 0 Å². The zero-order chi connectivity index (χ0) is 13.1. The summed E-state index contributed by atoms with van der Waals surface area (Å²) in [5.74, 6) is 0. The van der Waals surface area contributed by atoms with Gasteiger partial charge < -0.3 is 10.5 Å². The van der Waals surface area contributed by atoms with Crippen molar-refractivity contribution >= 4 is 6.29 Å². The van der Waals surface area contributed by atoms with Crippen LogP contribution in [0.3, 0.4) is 0 Å². The quantitative estimate of drug-likeness (QED) is 0.562. The maximum absolute atomic E-state index is 9.05. The Morgan fingerprint density at radius 3 is 1.67 bits per heavy atom. The number of nitrogens with two attached hydrogens (primary N) is 1. The van der Waals surface area contributed by atoms with Gasteiger partial charge in [-0.05, 0) is 13.8 Å². The first-order chi connectivity index (χ1) is 7.14. The maximum Gasteiger partial charge on any atom is 0.133 e. The fourth-order valence-corrected chi connectivity index (χ4v) is 0.118. The first-order valence-corrected chi connectivity index (χ1v) is 5.53. The molecule has 0 amide bonds. The lowest BCUT2D eigenvalue weighted by molar-refractivity contribution is -0.106. The van der Waals surface area contributed by atoms with Gasteiger partial charge >= 0.3 is 0 Å². The molecule has 0 spiro atoms. The van der Waals surface area contributed by atoms with Crippen molar-refractivity contribution in [1.82, 2.24) is 0 Å². The highest BCUT2D eigenvalue weighted by Gasteiger charge is 1.66. The van der Waals surface area contributed by atoms with Crippen LogP contribution < -0.4 is 5.73 Å². The SMILES string of the molecule is C=C/C(C)=C\C.CC.CCC.NCC=O.[HH]. The van der Waals surface area contributed by atoms with Crippen LogP contribution in [0.15, 0.2) is 24.3 Å². The molecule has 2 N–H and O–H groups in total. The third-order valence-corrected chi connectivity index (χ3v) is 0.874. The summed E-state index contributed by atoms with van der Waals surface area (Å²) in [7, 11) is 0. The molecule has 0 radical (unpaired) electrons. The molecule has 0 unspecified atom stereocenters. The second-order valence-electron chi connectivity index (χ2n) is 2.35. The molecular formula is C13H31NO. The molecular weight excluding hydrogens is 186 g/mol. The first kappa shape index (κ1) is 23.7. The van der Waals surface area contributed by atoms with Crippen LogP contribution in [0.4, 0.5) is 0 Å². The van der Waals surface area contributed by atoms with E-state index in [1.54, 1.807) is 0 Å². The highest BCUT2D eigenvalue weighted by Crippen LogP contribution is 1.88. The number of carbonyl (C=O) groups is 1. The van der Waals surface area contributed by atoms with E-state index in [4.69, 9.17) is 4.79 Å². The van der Waals surface area contributed by atoms with E-state index in [1.807, 2.05) is 39.8 Å². The Morgan fingerprint density at radius 1 is 1.40 bits per heavy atom. The van der Waals surface area contributed by atoms with Crippen LogP contribution in [0.25, 0.3) is 0 Å². The minimum absolute atomic E-state index is 0. The topological polar surface area (TPSA) is 43.1 Å². The average molecular weight is 217 g/mol. The summed E-state index contributed by atoms with van der Waals surface area (Å²) in [6.07, 6.45) is 5.76. The van der Waals surface area contributed by atoms with Gasteiger partial charge in [0.2, 0.25) is 0 Å².